The van der Waals surface area contributed by atoms with E-state index in [1.807, 2.05) is 19.1 Å². The van der Waals surface area contributed by atoms with Crippen molar-refractivity contribution in [3.63, 3.8) is 0 Å². The molecule has 1 aromatic carbocycles. The van der Waals surface area contributed by atoms with Gasteiger partial charge in [-0.2, -0.15) is 0 Å². The van der Waals surface area contributed by atoms with Gasteiger partial charge in [-0.15, -0.1) is 0 Å². The normalized spacial score (nSPS) is 25.4. The first kappa shape index (κ1) is 13.8. The molecule has 1 aliphatic heterocycles. The molecule has 0 radical (unpaired) electrons. The van der Waals surface area contributed by atoms with Gasteiger partial charge in [0.1, 0.15) is 0 Å². The van der Waals surface area contributed by atoms with E-state index in [-0.39, 0.29) is 5.91 Å². The minimum Gasteiger partial charge on any atom is -0.399 e. The number of hydrogen-bond donors (Lipinski definition) is 3. The molecule has 19 heavy (non-hydrogen) atoms. The lowest BCUT2D eigenvalue weighted by molar-refractivity contribution is -0.126. The fraction of sp³-hybridized carbons (Fsp3) is 0.500. The zero-order chi connectivity index (χ0) is 14.0. The number of anilines is 1. The van der Waals surface area contributed by atoms with Crippen molar-refractivity contribution in [2.75, 3.05) is 25.4 Å². The van der Waals surface area contributed by atoms with Crippen LogP contribution in [0.5, 0.6) is 0 Å². The number of nitrogens with two attached hydrogens (primary N) is 2. The molecule has 1 fully saturated rings. The Labute approximate surface area is 113 Å². The van der Waals surface area contributed by atoms with Crippen LogP contribution >= 0.6 is 0 Å². The Hall–Kier alpha value is -1.59. The van der Waals surface area contributed by atoms with Crippen molar-refractivity contribution >= 4 is 11.6 Å². The number of aliphatic hydroxyl groups excluding tert-OH is 1. The molecular formula is C14H21N3O2. The number of amides is 1. The van der Waals surface area contributed by atoms with Crippen molar-refractivity contribution in [3.8, 4) is 0 Å². The van der Waals surface area contributed by atoms with Crippen LogP contribution in [0.2, 0.25) is 0 Å². The van der Waals surface area contributed by atoms with E-state index in [0.717, 1.165) is 18.5 Å². The molecule has 104 valence electrons. The second-order valence-electron chi connectivity index (χ2n) is 5.59. The molecule has 1 aliphatic rings. The van der Waals surface area contributed by atoms with Crippen molar-refractivity contribution < 1.29 is 9.90 Å². The summed E-state index contributed by atoms with van der Waals surface area (Å²) in [7, 11) is 0. The van der Waals surface area contributed by atoms with E-state index in [2.05, 4.69) is 4.90 Å². The summed E-state index contributed by atoms with van der Waals surface area (Å²) < 4.78 is 0. The molecule has 2 rings (SSSR count). The number of aliphatic hydroxyl groups is 1. The van der Waals surface area contributed by atoms with Gasteiger partial charge in [0.2, 0.25) is 5.91 Å². The van der Waals surface area contributed by atoms with Crippen LogP contribution in [0.3, 0.4) is 0 Å². The Balaban J connectivity index is 1.95. The van der Waals surface area contributed by atoms with Crippen LogP contribution < -0.4 is 11.5 Å². The van der Waals surface area contributed by atoms with Crippen molar-refractivity contribution in [2.24, 2.45) is 11.1 Å². The predicted octanol–water partition coefficient (Wildman–Crippen LogP) is 0.499. The summed E-state index contributed by atoms with van der Waals surface area (Å²) in [6.07, 6.45) is 0.174. The quantitative estimate of drug-likeness (QED) is 0.690. The highest BCUT2D eigenvalue weighted by molar-refractivity contribution is 5.81. The SMILES string of the molecule is CC1(C(N)=O)CCN(CC(O)c2ccc(N)cc2)C1. The number of benzene rings is 1. The lowest BCUT2D eigenvalue weighted by Crippen LogP contribution is -2.37. The maximum atomic E-state index is 11.4. The molecule has 0 spiro atoms. The van der Waals surface area contributed by atoms with Crippen molar-refractivity contribution in [1.82, 2.24) is 4.90 Å². The van der Waals surface area contributed by atoms with Gasteiger partial charge in [0.25, 0.3) is 0 Å². The van der Waals surface area contributed by atoms with Crippen LogP contribution in [0.15, 0.2) is 24.3 Å². The number of rotatable bonds is 4. The Morgan fingerprint density at radius 1 is 1.47 bits per heavy atom. The summed E-state index contributed by atoms with van der Waals surface area (Å²) in [6, 6.07) is 7.19. The lowest BCUT2D eigenvalue weighted by Gasteiger charge is -2.23. The average Bonchev–Trinajstić information content (AvgIpc) is 2.73. The average molecular weight is 263 g/mol. The summed E-state index contributed by atoms with van der Waals surface area (Å²) in [5.41, 5.74) is 12.1. The molecule has 0 aromatic heterocycles. The largest absolute Gasteiger partial charge is 0.399 e. The molecule has 5 heteroatoms. The number of carbonyl (C=O) groups is 1. The third kappa shape index (κ3) is 3.05. The molecule has 2 unspecified atom stereocenters. The Morgan fingerprint density at radius 2 is 2.11 bits per heavy atom. The third-order valence-corrected chi connectivity index (χ3v) is 3.90. The molecule has 0 bridgehead atoms. The van der Waals surface area contributed by atoms with Crippen LogP contribution in [0.1, 0.15) is 25.0 Å². The van der Waals surface area contributed by atoms with Gasteiger partial charge in [-0.25, -0.2) is 0 Å². The second-order valence-corrected chi connectivity index (χ2v) is 5.59. The third-order valence-electron chi connectivity index (χ3n) is 3.90. The zero-order valence-corrected chi connectivity index (χ0v) is 11.2. The number of nitrogens with zero attached hydrogens (tertiary/aromatic N) is 1. The lowest BCUT2D eigenvalue weighted by atomic mass is 9.89. The number of β-amino-alcohol motifs (C(OH)–C–C–N with tert-alkyl or cyclic N) is 1. The van der Waals surface area contributed by atoms with Crippen LogP contribution in [-0.2, 0) is 4.79 Å². The molecule has 2 atom stereocenters. The van der Waals surface area contributed by atoms with Gasteiger partial charge in [-0.1, -0.05) is 12.1 Å². The van der Waals surface area contributed by atoms with Crippen LogP contribution in [0.25, 0.3) is 0 Å². The van der Waals surface area contributed by atoms with E-state index in [9.17, 15) is 9.90 Å². The first-order valence-electron chi connectivity index (χ1n) is 6.46. The minimum atomic E-state index is -0.573. The summed E-state index contributed by atoms with van der Waals surface area (Å²) >= 11 is 0. The molecule has 5 nitrogen and oxygen atoms in total. The van der Waals surface area contributed by atoms with Gasteiger partial charge >= 0.3 is 0 Å². The van der Waals surface area contributed by atoms with E-state index >= 15 is 0 Å². The first-order chi connectivity index (χ1) is 8.90. The molecule has 1 aromatic rings. The van der Waals surface area contributed by atoms with Crippen molar-refractivity contribution in [3.05, 3.63) is 29.8 Å². The molecule has 0 aliphatic carbocycles. The molecule has 1 amide bonds. The van der Waals surface area contributed by atoms with E-state index in [4.69, 9.17) is 11.5 Å². The minimum absolute atomic E-state index is 0.267. The highest BCUT2D eigenvalue weighted by Gasteiger charge is 2.39. The fourth-order valence-electron chi connectivity index (χ4n) is 2.48. The number of primary amides is 1. The number of hydrogen-bond acceptors (Lipinski definition) is 4. The Morgan fingerprint density at radius 3 is 2.63 bits per heavy atom. The number of carbonyl (C=O) groups excluding carboxylic acids is 1. The first-order valence-corrected chi connectivity index (χ1v) is 6.46. The molecule has 0 saturated carbocycles. The van der Waals surface area contributed by atoms with E-state index < -0.39 is 11.5 Å². The predicted molar refractivity (Wildman–Crippen MR) is 74.2 cm³/mol. The zero-order valence-electron chi connectivity index (χ0n) is 11.2. The topological polar surface area (TPSA) is 92.6 Å². The Kier molecular flexibility index (Phi) is 3.78. The van der Waals surface area contributed by atoms with Gasteiger partial charge in [-0.3, -0.25) is 9.69 Å². The van der Waals surface area contributed by atoms with Gasteiger partial charge in [0.15, 0.2) is 0 Å². The molecule has 1 heterocycles. The van der Waals surface area contributed by atoms with Gasteiger partial charge in [0.05, 0.1) is 11.5 Å². The highest BCUT2D eigenvalue weighted by atomic mass is 16.3. The van der Waals surface area contributed by atoms with Crippen LogP contribution in [0.4, 0.5) is 5.69 Å². The maximum absolute atomic E-state index is 11.4. The smallest absolute Gasteiger partial charge is 0.224 e. The summed E-state index contributed by atoms with van der Waals surface area (Å²) in [4.78, 5) is 13.5. The maximum Gasteiger partial charge on any atom is 0.224 e. The summed E-state index contributed by atoms with van der Waals surface area (Å²) in [5.74, 6) is -0.267. The number of nitrogen functional groups attached to an aromatic ring is 1. The molecular weight excluding hydrogens is 242 g/mol. The van der Waals surface area contributed by atoms with E-state index in [0.29, 0.717) is 18.8 Å². The molecule has 5 N–H and O–H groups in total. The molecule has 1 saturated heterocycles. The standard InChI is InChI=1S/C14H21N3O2/c1-14(13(16)19)6-7-17(9-14)8-12(18)10-2-4-11(15)5-3-10/h2-5,12,18H,6-9,15H2,1H3,(H2,16,19). The monoisotopic (exact) mass is 263 g/mol. The van der Waals surface area contributed by atoms with E-state index in [1.165, 1.54) is 0 Å². The fourth-order valence-corrected chi connectivity index (χ4v) is 2.48. The van der Waals surface area contributed by atoms with Gasteiger partial charge in [-0.05, 0) is 37.6 Å². The highest BCUT2D eigenvalue weighted by Crippen LogP contribution is 2.30. The van der Waals surface area contributed by atoms with Gasteiger partial charge < -0.3 is 16.6 Å². The summed E-state index contributed by atoms with van der Waals surface area (Å²) in [5, 5.41) is 10.2. The number of likely N-dealkylation sites (tertiary alicyclic amines) is 1. The van der Waals surface area contributed by atoms with Crippen LogP contribution in [-0.4, -0.2) is 35.5 Å². The van der Waals surface area contributed by atoms with Crippen molar-refractivity contribution in [1.29, 1.82) is 0 Å². The second kappa shape index (κ2) is 5.19. The van der Waals surface area contributed by atoms with Crippen molar-refractivity contribution in [2.45, 2.75) is 19.4 Å². The Bertz CT molecular complexity index is 460. The summed E-state index contributed by atoms with van der Waals surface area (Å²) in [6.45, 7) is 3.78. The van der Waals surface area contributed by atoms with E-state index in [1.54, 1.807) is 12.1 Å². The van der Waals surface area contributed by atoms with Gasteiger partial charge in [0, 0.05) is 18.8 Å². The van der Waals surface area contributed by atoms with Crippen LogP contribution in [0, 0.1) is 5.41 Å².